The smallest absolute Gasteiger partial charge is 0.379 e. The predicted octanol–water partition coefficient (Wildman–Crippen LogP) is 1.15. The second kappa shape index (κ2) is 10.9. The van der Waals surface area contributed by atoms with Crippen molar-refractivity contribution in [3.63, 3.8) is 0 Å². The van der Waals surface area contributed by atoms with E-state index in [4.69, 9.17) is 4.74 Å². The molecule has 9 heteroatoms. The fraction of sp³-hybridized carbons (Fsp3) is 0.941. The van der Waals surface area contributed by atoms with Gasteiger partial charge < -0.3 is 15.4 Å². The lowest BCUT2D eigenvalue weighted by Gasteiger charge is -2.26. The molecule has 0 bridgehead atoms. The summed E-state index contributed by atoms with van der Waals surface area (Å²) in [4.78, 5) is 8.43. The molecule has 2 fully saturated rings. The minimum absolute atomic E-state index is 0.196. The molecule has 2 aliphatic heterocycles. The van der Waals surface area contributed by atoms with Gasteiger partial charge in [0.05, 0.1) is 19.8 Å². The molecule has 0 aromatic heterocycles. The zero-order chi connectivity index (χ0) is 18.8. The summed E-state index contributed by atoms with van der Waals surface area (Å²) >= 11 is 0. The van der Waals surface area contributed by atoms with Gasteiger partial charge in [0.1, 0.15) is 0 Å². The number of hydrogen-bond acceptors (Lipinski definition) is 4. The van der Waals surface area contributed by atoms with Crippen molar-refractivity contribution in [2.75, 3.05) is 72.1 Å². The largest absolute Gasteiger partial charge is 0.401 e. The predicted molar refractivity (Wildman–Crippen MR) is 96.5 cm³/mol. The summed E-state index contributed by atoms with van der Waals surface area (Å²) in [6.07, 6.45) is -2.32. The number of nitrogens with one attached hydrogen (secondary N) is 2. The van der Waals surface area contributed by atoms with Crippen LogP contribution in [0.3, 0.4) is 0 Å². The van der Waals surface area contributed by atoms with Crippen molar-refractivity contribution < 1.29 is 17.9 Å². The Kier molecular flexibility index (Phi) is 8.94. The third kappa shape index (κ3) is 8.55. The first-order valence-electron chi connectivity index (χ1n) is 9.57. The lowest BCUT2D eigenvalue weighted by Crippen LogP contribution is -2.41. The second-order valence-corrected chi connectivity index (χ2v) is 6.96. The van der Waals surface area contributed by atoms with Crippen molar-refractivity contribution in [1.82, 2.24) is 20.4 Å². The Morgan fingerprint density at radius 2 is 1.92 bits per heavy atom. The number of halogens is 3. The molecule has 2 rings (SSSR count). The Hall–Kier alpha value is -1.06. The van der Waals surface area contributed by atoms with Gasteiger partial charge in [-0.2, -0.15) is 13.2 Å². The number of aliphatic imine (C=N–C) groups is 1. The van der Waals surface area contributed by atoms with Gasteiger partial charge in [0.25, 0.3) is 0 Å². The van der Waals surface area contributed by atoms with Crippen LogP contribution in [0.2, 0.25) is 0 Å². The number of alkyl halides is 3. The molecule has 26 heavy (non-hydrogen) atoms. The molecule has 152 valence electrons. The summed E-state index contributed by atoms with van der Waals surface area (Å²) in [6.45, 7) is 8.95. The van der Waals surface area contributed by atoms with E-state index in [1.54, 1.807) is 0 Å². The van der Waals surface area contributed by atoms with Crippen LogP contribution in [0.4, 0.5) is 13.2 Å². The van der Waals surface area contributed by atoms with Crippen LogP contribution in [-0.4, -0.2) is 94.1 Å². The number of morpholine rings is 1. The van der Waals surface area contributed by atoms with Gasteiger partial charge >= 0.3 is 6.18 Å². The Balaban J connectivity index is 1.65. The summed E-state index contributed by atoms with van der Waals surface area (Å²) in [5, 5.41) is 6.53. The highest BCUT2D eigenvalue weighted by atomic mass is 19.4. The van der Waals surface area contributed by atoms with Gasteiger partial charge in [-0.1, -0.05) is 0 Å². The molecule has 0 radical (unpaired) electrons. The lowest BCUT2D eigenvalue weighted by molar-refractivity contribution is -0.143. The summed E-state index contributed by atoms with van der Waals surface area (Å²) in [5.41, 5.74) is 0. The molecule has 2 heterocycles. The Morgan fingerprint density at radius 1 is 1.15 bits per heavy atom. The highest BCUT2D eigenvalue weighted by Gasteiger charge is 2.34. The standard InChI is InChI=1S/C17H32F3N5O/c1-2-21-16(22-5-3-6-24-8-10-26-11-9-24)23-12-15-4-7-25(13-15)14-17(18,19)20/h15H,2-14H2,1H3,(H2,21,22,23). The van der Waals surface area contributed by atoms with E-state index in [2.05, 4.69) is 20.5 Å². The van der Waals surface area contributed by atoms with Crippen LogP contribution >= 0.6 is 0 Å². The number of nitrogens with zero attached hydrogens (tertiary/aromatic N) is 3. The molecule has 0 aromatic carbocycles. The Morgan fingerprint density at radius 3 is 2.62 bits per heavy atom. The molecule has 2 N–H and O–H groups in total. The SMILES string of the molecule is CCNC(=NCC1CCN(CC(F)(F)F)C1)NCCCN1CCOCC1. The van der Waals surface area contributed by atoms with Crippen molar-refractivity contribution in [3.8, 4) is 0 Å². The number of ether oxygens (including phenoxy) is 1. The van der Waals surface area contributed by atoms with Crippen molar-refractivity contribution in [1.29, 1.82) is 0 Å². The van der Waals surface area contributed by atoms with E-state index in [1.165, 1.54) is 4.90 Å². The van der Waals surface area contributed by atoms with Crippen LogP contribution in [0.1, 0.15) is 19.8 Å². The summed E-state index contributed by atoms with van der Waals surface area (Å²) in [7, 11) is 0. The van der Waals surface area contributed by atoms with E-state index in [9.17, 15) is 13.2 Å². The maximum Gasteiger partial charge on any atom is 0.401 e. The van der Waals surface area contributed by atoms with Crippen LogP contribution in [0.25, 0.3) is 0 Å². The fourth-order valence-corrected chi connectivity index (χ4v) is 3.36. The normalized spacial score (nSPS) is 23.4. The topological polar surface area (TPSA) is 52.1 Å². The van der Waals surface area contributed by atoms with E-state index in [-0.39, 0.29) is 5.92 Å². The molecule has 1 atom stereocenters. The molecule has 1 unspecified atom stereocenters. The van der Waals surface area contributed by atoms with Gasteiger partial charge in [0.2, 0.25) is 0 Å². The number of rotatable bonds is 8. The Labute approximate surface area is 154 Å². The molecule has 0 saturated carbocycles. The van der Waals surface area contributed by atoms with Gasteiger partial charge in [0, 0.05) is 39.3 Å². The first-order valence-corrected chi connectivity index (χ1v) is 9.57. The quantitative estimate of drug-likeness (QED) is 0.376. The van der Waals surface area contributed by atoms with E-state index < -0.39 is 12.7 Å². The molecule has 0 spiro atoms. The van der Waals surface area contributed by atoms with E-state index >= 15 is 0 Å². The van der Waals surface area contributed by atoms with E-state index in [0.29, 0.717) is 19.6 Å². The van der Waals surface area contributed by atoms with Crippen LogP contribution in [0, 0.1) is 5.92 Å². The molecular formula is C17H32F3N5O. The first kappa shape index (κ1) is 21.2. The fourth-order valence-electron chi connectivity index (χ4n) is 3.36. The number of likely N-dealkylation sites (tertiary alicyclic amines) is 1. The number of hydrogen-bond donors (Lipinski definition) is 2. The van der Waals surface area contributed by atoms with Crippen LogP contribution in [-0.2, 0) is 4.74 Å². The molecule has 2 saturated heterocycles. The van der Waals surface area contributed by atoms with E-state index in [1.807, 2.05) is 6.92 Å². The van der Waals surface area contributed by atoms with E-state index in [0.717, 1.165) is 64.7 Å². The second-order valence-electron chi connectivity index (χ2n) is 6.96. The maximum absolute atomic E-state index is 12.5. The maximum atomic E-state index is 12.5. The van der Waals surface area contributed by atoms with Gasteiger partial charge in [-0.25, -0.2) is 0 Å². The van der Waals surface area contributed by atoms with Gasteiger partial charge in [-0.15, -0.1) is 0 Å². The van der Waals surface area contributed by atoms with Crippen LogP contribution < -0.4 is 10.6 Å². The molecule has 0 aliphatic carbocycles. The lowest BCUT2D eigenvalue weighted by atomic mass is 10.1. The Bertz CT molecular complexity index is 427. The van der Waals surface area contributed by atoms with Gasteiger partial charge in [0.15, 0.2) is 5.96 Å². The first-order chi connectivity index (χ1) is 12.5. The van der Waals surface area contributed by atoms with Crippen molar-refractivity contribution in [2.24, 2.45) is 10.9 Å². The molecule has 0 amide bonds. The van der Waals surface area contributed by atoms with Gasteiger partial charge in [-0.05, 0) is 38.8 Å². The minimum atomic E-state index is -4.12. The average Bonchev–Trinajstić information content (AvgIpc) is 3.02. The van der Waals surface area contributed by atoms with Crippen LogP contribution in [0.5, 0.6) is 0 Å². The minimum Gasteiger partial charge on any atom is -0.379 e. The van der Waals surface area contributed by atoms with Crippen molar-refractivity contribution in [3.05, 3.63) is 0 Å². The molecule has 0 aromatic rings. The highest BCUT2D eigenvalue weighted by Crippen LogP contribution is 2.22. The summed E-state index contributed by atoms with van der Waals surface area (Å²) in [6, 6.07) is 0. The molecule has 6 nitrogen and oxygen atoms in total. The van der Waals surface area contributed by atoms with Crippen molar-refractivity contribution in [2.45, 2.75) is 25.9 Å². The van der Waals surface area contributed by atoms with Crippen molar-refractivity contribution >= 4 is 5.96 Å². The average molecular weight is 379 g/mol. The highest BCUT2D eigenvalue weighted by molar-refractivity contribution is 5.79. The molecular weight excluding hydrogens is 347 g/mol. The molecule has 2 aliphatic rings. The summed E-state index contributed by atoms with van der Waals surface area (Å²) in [5.74, 6) is 0.949. The van der Waals surface area contributed by atoms with Gasteiger partial charge in [-0.3, -0.25) is 14.8 Å². The van der Waals surface area contributed by atoms with Crippen LogP contribution in [0.15, 0.2) is 4.99 Å². The third-order valence-corrected chi connectivity index (χ3v) is 4.67. The zero-order valence-electron chi connectivity index (χ0n) is 15.7. The third-order valence-electron chi connectivity index (χ3n) is 4.67. The zero-order valence-corrected chi connectivity index (χ0v) is 15.7. The summed E-state index contributed by atoms with van der Waals surface area (Å²) < 4.78 is 42.7. The number of guanidine groups is 1. The monoisotopic (exact) mass is 379 g/mol.